The van der Waals surface area contributed by atoms with Gasteiger partial charge in [-0.05, 0) is 92.8 Å². The quantitative estimate of drug-likeness (QED) is 0.205. The lowest BCUT2D eigenvalue weighted by molar-refractivity contribution is -0.322. The van der Waals surface area contributed by atoms with Gasteiger partial charge in [0.2, 0.25) is 0 Å². The number of aliphatic hydroxyl groups excluding tert-OH is 6. The Labute approximate surface area is 276 Å². The van der Waals surface area contributed by atoms with Gasteiger partial charge < -0.3 is 44.8 Å². The summed E-state index contributed by atoms with van der Waals surface area (Å²) < 4.78 is 18.3. The minimum Gasteiger partial charge on any atom is -0.395 e. The maximum atomic E-state index is 11.2. The van der Waals surface area contributed by atoms with Gasteiger partial charge in [-0.3, -0.25) is 0 Å². The topological polar surface area (TPSA) is 149 Å². The van der Waals surface area contributed by atoms with Gasteiger partial charge in [-0.15, -0.1) is 0 Å². The first-order valence-electron chi connectivity index (χ1n) is 17.6. The van der Waals surface area contributed by atoms with Crippen LogP contribution in [0.3, 0.4) is 0 Å². The molecule has 5 aliphatic rings. The van der Waals surface area contributed by atoms with E-state index in [4.69, 9.17) is 14.2 Å². The molecule has 6 N–H and O–H groups in total. The molecule has 0 aromatic carbocycles. The Morgan fingerprint density at radius 1 is 0.957 bits per heavy atom. The van der Waals surface area contributed by atoms with Crippen molar-refractivity contribution in [3.05, 3.63) is 23.8 Å². The number of fused-ring (bicyclic) bond motifs is 5. The SMILES string of the molecule is COC(C)(C)/C=C/C[C@@H](C)[C@H]1CC[C@@]2(C)[C@@H]3[C@@H](O[C@@H]4O[C@H](CO)[C@@H](O)[C@@H](O)[C@H]4O)C=C4[C@@H](CC[C@H](O)[C@]4(C)CO)[C@]3(C)CC[C@]12C. The predicted octanol–water partition coefficient (Wildman–Crippen LogP) is 3.73. The summed E-state index contributed by atoms with van der Waals surface area (Å²) in [4.78, 5) is 0. The van der Waals surface area contributed by atoms with Crippen LogP contribution in [0.25, 0.3) is 0 Å². The van der Waals surface area contributed by atoms with Crippen molar-refractivity contribution >= 4 is 0 Å². The highest BCUT2D eigenvalue weighted by Crippen LogP contribution is 2.75. The molecule has 0 bridgehead atoms. The Kier molecular flexibility index (Phi) is 10.1. The second-order valence-corrected chi connectivity index (χ2v) is 17.0. The molecule has 0 unspecified atom stereocenters. The summed E-state index contributed by atoms with van der Waals surface area (Å²) >= 11 is 0. The van der Waals surface area contributed by atoms with E-state index < -0.39 is 54.9 Å². The van der Waals surface area contributed by atoms with E-state index in [9.17, 15) is 30.6 Å². The third-order valence-corrected chi connectivity index (χ3v) is 14.4. The Balaban J connectivity index is 1.55. The number of rotatable bonds is 9. The van der Waals surface area contributed by atoms with Crippen LogP contribution in [0.5, 0.6) is 0 Å². The highest BCUT2D eigenvalue weighted by Gasteiger charge is 2.70. The van der Waals surface area contributed by atoms with E-state index in [0.29, 0.717) is 18.3 Å². The molecular formula is C37H62O9. The lowest BCUT2D eigenvalue weighted by atomic mass is 9.38. The van der Waals surface area contributed by atoms with Crippen LogP contribution in [0.4, 0.5) is 0 Å². The minimum absolute atomic E-state index is 0.0119. The van der Waals surface area contributed by atoms with E-state index in [-0.39, 0.29) is 40.3 Å². The summed E-state index contributed by atoms with van der Waals surface area (Å²) in [6.45, 7) is 15.0. The van der Waals surface area contributed by atoms with E-state index in [0.717, 1.165) is 44.1 Å². The predicted molar refractivity (Wildman–Crippen MR) is 174 cm³/mol. The zero-order valence-corrected chi connectivity index (χ0v) is 29.4. The summed E-state index contributed by atoms with van der Waals surface area (Å²) in [5, 5.41) is 63.9. The molecule has 0 aromatic rings. The highest BCUT2D eigenvalue weighted by molar-refractivity contribution is 5.33. The summed E-state index contributed by atoms with van der Waals surface area (Å²) in [6, 6.07) is 0. The normalized spacial score (nSPS) is 50.1. The number of methoxy groups -OCH3 is 1. The third kappa shape index (κ3) is 5.58. The van der Waals surface area contributed by atoms with Crippen molar-refractivity contribution in [3.8, 4) is 0 Å². The van der Waals surface area contributed by atoms with E-state index in [1.165, 1.54) is 0 Å². The smallest absolute Gasteiger partial charge is 0.187 e. The second-order valence-electron chi connectivity index (χ2n) is 17.0. The summed E-state index contributed by atoms with van der Waals surface area (Å²) in [5.41, 5.74) is -0.473. The number of hydrogen-bond acceptors (Lipinski definition) is 9. The van der Waals surface area contributed by atoms with Crippen LogP contribution in [0.2, 0.25) is 0 Å². The molecule has 264 valence electrons. The Morgan fingerprint density at radius 3 is 2.28 bits per heavy atom. The molecule has 0 amide bonds. The van der Waals surface area contributed by atoms with Crippen molar-refractivity contribution in [1.82, 2.24) is 0 Å². The Bertz CT molecular complexity index is 1150. The van der Waals surface area contributed by atoms with Crippen LogP contribution in [0.15, 0.2) is 23.8 Å². The van der Waals surface area contributed by atoms with Gasteiger partial charge in [0.05, 0.1) is 31.0 Å². The summed E-state index contributed by atoms with van der Waals surface area (Å²) in [5.74, 6) is 1.14. The first kappa shape index (κ1) is 36.4. The molecule has 9 nitrogen and oxygen atoms in total. The average molecular weight is 651 g/mol. The van der Waals surface area contributed by atoms with Crippen molar-refractivity contribution in [2.24, 2.45) is 45.3 Å². The first-order chi connectivity index (χ1) is 21.4. The molecule has 9 heteroatoms. The van der Waals surface area contributed by atoms with Crippen molar-refractivity contribution < 1.29 is 44.8 Å². The maximum Gasteiger partial charge on any atom is 0.187 e. The number of hydrogen-bond donors (Lipinski definition) is 6. The second kappa shape index (κ2) is 12.8. The fourth-order valence-electron chi connectivity index (χ4n) is 11.0. The molecule has 0 radical (unpaired) electrons. The third-order valence-electron chi connectivity index (χ3n) is 14.4. The maximum absolute atomic E-state index is 11.2. The standard InChI is InChI=1S/C37H62O9/c1-21(10-9-14-33(2,3)44-8)22-13-15-37(7)31-25(45-32-30(43)29(42)28(41)26(19-38)46-32)18-24-23(11-12-27(40)35(24,5)20-39)34(31,4)16-17-36(22,37)6/h9,14,18,21-23,25-32,38-43H,10-13,15-17,19-20H2,1-8H3/b14-9+/t21-,22-,23-,25+,26-,27+,28-,29-,30-,31-,32-,34+,35-,36-,37+/m1/s1. The van der Waals surface area contributed by atoms with Gasteiger partial charge in [-0.25, -0.2) is 0 Å². The number of ether oxygens (including phenoxy) is 3. The zero-order valence-electron chi connectivity index (χ0n) is 29.4. The van der Waals surface area contributed by atoms with Gasteiger partial charge in [0.1, 0.15) is 24.4 Å². The minimum atomic E-state index is -1.54. The zero-order chi connectivity index (χ0) is 34.0. The average Bonchev–Trinajstić information content (AvgIpc) is 3.29. The molecule has 0 aromatic heterocycles. The lowest BCUT2D eigenvalue weighted by Crippen LogP contribution is -2.65. The van der Waals surface area contributed by atoms with Crippen LogP contribution in [0.1, 0.15) is 93.4 Å². The van der Waals surface area contributed by atoms with Crippen LogP contribution in [-0.2, 0) is 14.2 Å². The fourth-order valence-corrected chi connectivity index (χ4v) is 11.0. The van der Waals surface area contributed by atoms with Crippen molar-refractivity contribution in [1.29, 1.82) is 0 Å². The van der Waals surface area contributed by atoms with Gasteiger partial charge in [0, 0.05) is 18.4 Å². The summed E-state index contributed by atoms with van der Waals surface area (Å²) in [6.07, 6.45) is 5.00. The van der Waals surface area contributed by atoms with Crippen LogP contribution in [-0.4, -0.2) is 99.5 Å². The van der Waals surface area contributed by atoms with Crippen molar-refractivity contribution in [2.75, 3.05) is 20.3 Å². The first-order valence-corrected chi connectivity index (χ1v) is 17.6. The molecule has 46 heavy (non-hydrogen) atoms. The van der Waals surface area contributed by atoms with Gasteiger partial charge >= 0.3 is 0 Å². The van der Waals surface area contributed by atoms with Gasteiger partial charge in [-0.1, -0.05) is 58.4 Å². The molecule has 4 fully saturated rings. The molecule has 0 spiro atoms. The van der Waals surface area contributed by atoms with E-state index in [2.05, 4.69) is 59.8 Å². The molecule has 1 saturated heterocycles. The van der Waals surface area contributed by atoms with Crippen LogP contribution < -0.4 is 0 Å². The molecule has 1 heterocycles. The lowest BCUT2D eigenvalue weighted by Gasteiger charge is -2.67. The summed E-state index contributed by atoms with van der Waals surface area (Å²) in [7, 11) is 1.74. The highest BCUT2D eigenvalue weighted by atomic mass is 16.7. The van der Waals surface area contributed by atoms with E-state index >= 15 is 0 Å². The van der Waals surface area contributed by atoms with Gasteiger partial charge in [-0.2, -0.15) is 0 Å². The largest absolute Gasteiger partial charge is 0.395 e. The molecule has 3 saturated carbocycles. The van der Waals surface area contributed by atoms with Gasteiger partial charge in [0.15, 0.2) is 6.29 Å². The van der Waals surface area contributed by atoms with Gasteiger partial charge in [0.25, 0.3) is 0 Å². The van der Waals surface area contributed by atoms with Crippen molar-refractivity contribution in [3.63, 3.8) is 0 Å². The molecular weight excluding hydrogens is 588 g/mol. The Morgan fingerprint density at radius 2 is 1.65 bits per heavy atom. The molecule has 15 atom stereocenters. The number of aliphatic hydroxyl groups is 6. The van der Waals surface area contributed by atoms with Crippen LogP contribution >= 0.6 is 0 Å². The van der Waals surface area contributed by atoms with E-state index in [1.54, 1.807) is 7.11 Å². The molecule has 4 aliphatic carbocycles. The Hall–Kier alpha value is -0.880. The molecule has 1 aliphatic heterocycles. The fraction of sp³-hybridized carbons (Fsp3) is 0.892. The molecule has 5 rings (SSSR count). The number of allylic oxidation sites excluding steroid dienone is 1. The van der Waals surface area contributed by atoms with Crippen molar-refractivity contribution in [2.45, 2.75) is 142 Å². The van der Waals surface area contributed by atoms with Crippen LogP contribution in [0, 0.1) is 45.3 Å². The van der Waals surface area contributed by atoms with E-state index in [1.807, 2.05) is 6.92 Å². The monoisotopic (exact) mass is 650 g/mol.